The summed E-state index contributed by atoms with van der Waals surface area (Å²) in [5.74, 6) is -2.04. The van der Waals surface area contributed by atoms with Crippen LogP contribution in [0.5, 0.6) is 5.75 Å². The van der Waals surface area contributed by atoms with Crippen LogP contribution in [-0.4, -0.2) is 28.1 Å². The molecule has 1 atom stereocenters. The van der Waals surface area contributed by atoms with Crippen LogP contribution in [0.2, 0.25) is 0 Å². The molecule has 0 radical (unpaired) electrons. The summed E-state index contributed by atoms with van der Waals surface area (Å²) in [5.41, 5.74) is -0.632. The summed E-state index contributed by atoms with van der Waals surface area (Å²) >= 11 is 6.13. The highest BCUT2D eigenvalue weighted by molar-refractivity contribution is 6.23. The number of alkyl halides is 4. The van der Waals surface area contributed by atoms with Crippen LogP contribution in [0, 0.1) is 0 Å². The molecule has 0 saturated carbocycles. The fourth-order valence-corrected chi connectivity index (χ4v) is 2.61. The monoisotopic (exact) mass is 307 g/mol. The fourth-order valence-electron chi connectivity index (χ4n) is 2.34. The average Bonchev–Trinajstić information content (AvgIpc) is 2.29. The van der Waals surface area contributed by atoms with E-state index in [1.807, 2.05) is 0 Å². The topological polar surface area (TPSA) is 40.5 Å². The van der Waals surface area contributed by atoms with Gasteiger partial charge in [0.15, 0.2) is 0 Å². The van der Waals surface area contributed by atoms with Crippen LogP contribution >= 0.6 is 11.6 Å². The molecule has 0 aliphatic carbocycles. The van der Waals surface area contributed by atoms with Crippen molar-refractivity contribution in [2.45, 2.75) is 37.4 Å². The minimum atomic E-state index is -4.99. The molecule has 0 aromatic heterocycles. The number of anilines is 1. The molecular weight excluding hydrogens is 295 g/mol. The normalized spacial score (nSPS) is 21.5. The van der Waals surface area contributed by atoms with E-state index in [1.54, 1.807) is 0 Å². The van der Waals surface area contributed by atoms with E-state index in [0.29, 0.717) is 10.5 Å². The van der Waals surface area contributed by atoms with E-state index in [9.17, 15) is 23.1 Å². The van der Waals surface area contributed by atoms with Crippen molar-refractivity contribution >= 4 is 23.2 Å². The number of phenols is 1. The van der Waals surface area contributed by atoms with E-state index in [1.165, 1.54) is 32.0 Å². The summed E-state index contributed by atoms with van der Waals surface area (Å²) in [5, 5.41) is 8.73. The number of nitrogens with zero attached hydrogens (tertiary/aromatic N) is 1. The zero-order chi connectivity index (χ0) is 15.3. The number of aromatic hydroxyl groups is 1. The Balaban J connectivity index is 2.60. The number of hydrogen-bond donors (Lipinski definition) is 1. The number of fused-ring (bicyclic) bond motifs is 1. The molecule has 2 rings (SSSR count). The van der Waals surface area contributed by atoms with Gasteiger partial charge in [-0.05, 0) is 44.0 Å². The minimum absolute atomic E-state index is 0.0771. The standard InChI is InChI=1S/C13H13ClF3NO2/c1-12(2)10(14)6-7-5-8(19)3-4-9(7)18(12)11(20)13(15,16)17/h3-5,10,19H,6H2,1-2H3. The molecule has 110 valence electrons. The second-order valence-electron chi connectivity index (χ2n) is 5.28. The zero-order valence-corrected chi connectivity index (χ0v) is 11.6. The Labute approximate surface area is 118 Å². The molecule has 0 spiro atoms. The molecule has 1 aliphatic heterocycles. The lowest BCUT2D eigenvalue weighted by Crippen LogP contribution is -2.60. The predicted octanol–water partition coefficient (Wildman–Crippen LogP) is 3.23. The van der Waals surface area contributed by atoms with Crippen molar-refractivity contribution < 1.29 is 23.1 Å². The van der Waals surface area contributed by atoms with Gasteiger partial charge in [-0.15, -0.1) is 11.6 Å². The van der Waals surface area contributed by atoms with E-state index in [4.69, 9.17) is 11.6 Å². The van der Waals surface area contributed by atoms with Gasteiger partial charge < -0.3 is 5.11 Å². The molecule has 7 heteroatoms. The molecule has 1 aromatic carbocycles. The van der Waals surface area contributed by atoms with E-state index in [2.05, 4.69) is 0 Å². The van der Waals surface area contributed by atoms with Gasteiger partial charge in [-0.1, -0.05) is 0 Å². The third kappa shape index (κ3) is 2.32. The quantitative estimate of drug-likeness (QED) is 0.748. The molecule has 1 unspecified atom stereocenters. The van der Waals surface area contributed by atoms with Crippen LogP contribution in [0.1, 0.15) is 19.4 Å². The summed E-state index contributed by atoms with van der Waals surface area (Å²) in [4.78, 5) is 12.4. The van der Waals surface area contributed by atoms with Gasteiger partial charge in [-0.25, -0.2) is 0 Å². The predicted molar refractivity (Wildman–Crippen MR) is 69.1 cm³/mol. The SMILES string of the molecule is CC1(C)C(Cl)Cc2cc(O)ccc2N1C(=O)C(F)(F)F. The minimum Gasteiger partial charge on any atom is -0.508 e. The molecule has 1 amide bonds. The smallest absolute Gasteiger partial charge is 0.471 e. The first-order valence-electron chi connectivity index (χ1n) is 5.92. The summed E-state index contributed by atoms with van der Waals surface area (Å²) in [6.45, 7) is 2.98. The van der Waals surface area contributed by atoms with Crippen molar-refractivity contribution in [2.24, 2.45) is 0 Å². The molecule has 1 heterocycles. The van der Waals surface area contributed by atoms with Gasteiger partial charge in [0.2, 0.25) is 0 Å². The molecule has 0 fully saturated rings. The highest BCUT2D eigenvalue weighted by atomic mass is 35.5. The number of phenolic OH excluding ortho intramolecular Hbond substituents is 1. The summed E-state index contributed by atoms with van der Waals surface area (Å²) in [6.07, 6.45) is -4.71. The van der Waals surface area contributed by atoms with Crippen molar-refractivity contribution in [3.05, 3.63) is 23.8 Å². The lowest BCUT2D eigenvalue weighted by atomic mass is 9.86. The van der Waals surface area contributed by atoms with Crippen molar-refractivity contribution in [3.63, 3.8) is 0 Å². The Bertz CT molecular complexity index is 557. The van der Waals surface area contributed by atoms with Crippen molar-refractivity contribution in [1.29, 1.82) is 0 Å². The van der Waals surface area contributed by atoms with Crippen molar-refractivity contribution in [2.75, 3.05) is 4.90 Å². The second kappa shape index (κ2) is 4.55. The van der Waals surface area contributed by atoms with E-state index < -0.39 is 23.0 Å². The van der Waals surface area contributed by atoms with Crippen LogP contribution in [0.4, 0.5) is 18.9 Å². The maximum Gasteiger partial charge on any atom is 0.471 e. The van der Waals surface area contributed by atoms with Gasteiger partial charge in [-0.2, -0.15) is 13.2 Å². The van der Waals surface area contributed by atoms with Crippen LogP contribution in [-0.2, 0) is 11.2 Å². The number of halogens is 4. The van der Waals surface area contributed by atoms with Crippen LogP contribution in [0.15, 0.2) is 18.2 Å². The number of hydrogen-bond acceptors (Lipinski definition) is 2. The van der Waals surface area contributed by atoms with Gasteiger partial charge in [0.25, 0.3) is 0 Å². The van der Waals surface area contributed by atoms with Gasteiger partial charge in [-0.3, -0.25) is 9.69 Å². The first-order valence-corrected chi connectivity index (χ1v) is 6.36. The van der Waals surface area contributed by atoms with E-state index in [-0.39, 0.29) is 17.9 Å². The van der Waals surface area contributed by atoms with Crippen LogP contribution < -0.4 is 4.90 Å². The van der Waals surface area contributed by atoms with Crippen molar-refractivity contribution in [1.82, 2.24) is 0 Å². The maximum atomic E-state index is 12.8. The number of rotatable bonds is 0. The Morgan fingerprint density at radius 3 is 2.60 bits per heavy atom. The third-order valence-corrected chi connectivity index (χ3v) is 4.18. The Morgan fingerprint density at radius 2 is 2.05 bits per heavy atom. The zero-order valence-electron chi connectivity index (χ0n) is 10.8. The first kappa shape index (κ1) is 15.0. The lowest BCUT2D eigenvalue weighted by molar-refractivity contribution is -0.171. The Morgan fingerprint density at radius 1 is 1.45 bits per heavy atom. The van der Waals surface area contributed by atoms with Gasteiger partial charge in [0, 0.05) is 5.69 Å². The molecule has 3 nitrogen and oxygen atoms in total. The highest BCUT2D eigenvalue weighted by Gasteiger charge is 2.52. The van der Waals surface area contributed by atoms with Gasteiger partial charge in [0.1, 0.15) is 5.75 Å². The average molecular weight is 308 g/mol. The maximum absolute atomic E-state index is 12.8. The Hall–Kier alpha value is -1.43. The Kier molecular flexibility index (Phi) is 3.40. The summed E-state index contributed by atoms with van der Waals surface area (Å²) < 4.78 is 38.4. The number of amides is 1. The van der Waals surface area contributed by atoms with Gasteiger partial charge >= 0.3 is 12.1 Å². The molecular formula is C13H13ClF3NO2. The van der Waals surface area contributed by atoms with Crippen molar-refractivity contribution in [3.8, 4) is 5.75 Å². The molecule has 0 bridgehead atoms. The van der Waals surface area contributed by atoms with Crippen LogP contribution in [0.25, 0.3) is 0 Å². The van der Waals surface area contributed by atoms with Crippen LogP contribution in [0.3, 0.4) is 0 Å². The molecule has 1 aliphatic rings. The molecule has 20 heavy (non-hydrogen) atoms. The molecule has 0 saturated heterocycles. The molecule has 1 aromatic rings. The summed E-state index contributed by atoms with van der Waals surface area (Å²) in [7, 11) is 0. The third-order valence-electron chi connectivity index (χ3n) is 3.49. The first-order chi connectivity index (χ1) is 9.05. The number of benzene rings is 1. The van der Waals surface area contributed by atoms with Gasteiger partial charge in [0.05, 0.1) is 10.9 Å². The van der Waals surface area contributed by atoms with E-state index in [0.717, 1.165) is 0 Å². The summed E-state index contributed by atoms with van der Waals surface area (Å²) in [6, 6.07) is 3.88. The fraction of sp³-hybridized carbons (Fsp3) is 0.462. The molecule has 1 N–H and O–H groups in total. The largest absolute Gasteiger partial charge is 0.508 e. The second-order valence-corrected chi connectivity index (χ2v) is 5.80. The lowest BCUT2D eigenvalue weighted by Gasteiger charge is -2.46. The highest BCUT2D eigenvalue weighted by Crippen LogP contribution is 2.42. The van der Waals surface area contributed by atoms with E-state index >= 15 is 0 Å². The number of carbonyl (C=O) groups excluding carboxylic acids is 1. The number of carbonyl (C=O) groups is 1.